The van der Waals surface area contributed by atoms with E-state index in [9.17, 15) is 4.79 Å². The molecule has 0 saturated carbocycles. The van der Waals surface area contributed by atoms with Gasteiger partial charge in [0.15, 0.2) is 0 Å². The summed E-state index contributed by atoms with van der Waals surface area (Å²) in [5, 5.41) is 2.90. The highest BCUT2D eigenvalue weighted by Gasteiger charge is 2.23. The van der Waals surface area contributed by atoms with E-state index < -0.39 is 5.54 Å². The van der Waals surface area contributed by atoms with Crippen molar-refractivity contribution >= 4 is 5.91 Å². The molecule has 0 heterocycles. The van der Waals surface area contributed by atoms with Crippen LogP contribution in [0.1, 0.15) is 26.3 Å². The average molecular weight is 250 g/mol. The van der Waals surface area contributed by atoms with Gasteiger partial charge in [-0.1, -0.05) is 18.2 Å². The monoisotopic (exact) mass is 250 g/mol. The molecule has 1 rings (SSSR count). The Morgan fingerprint density at radius 1 is 1.44 bits per heavy atom. The molecule has 0 spiro atoms. The van der Waals surface area contributed by atoms with Crippen LogP contribution in [0.4, 0.5) is 0 Å². The molecule has 0 fully saturated rings. The molecule has 4 nitrogen and oxygen atoms in total. The number of methoxy groups -OCH3 is 1. The molecular formula is C14H22N2O2. The minimum atomic E-state index is -0.852. The van der Waals surface area contributed by atoms with E-state index in [1.54, 1.807) is 21.0 Å². The zero-order valence-electron chi connectivity index (χ0n) is 11.5. The van der Waals surface area contributed by atoms with E-state index in [0.717, 1.165) is 11.3 Å². The Labute approximate surface area is 109 Å². The third-order valence-corrected chi connectivity index (χ3v) is 2.68. The van der Waals surface area contributed by atoms with Crippen LogP contribution in [0, 0.1) is 0 Å². The Morgan fingerprint density at radius 2 is 2.06 bits per heavy atom. The fourth-order valence-electron chi connectivity index (χ4n) is 1.66. The number of hydrogen-bond donors (Lipinski definition) is 2. The van der Waals surface area contributed by atoms with Gasteiger partial charge in [-0.05, 0) is 38.8 Å². The van der Waals surface area contributed by atoms with Gasteiger partial charge in [-0.2, -0.15) is 0 Å². The van der Waals surface area contributed by atoms with Crippen molar-refractivity contribution in [3.63, 3.8) is 0 Å². The smallest absolute Gasteiger partial charge is 0.239 e. The van der Waals surface area contributed by atoms with Gasteiger partial charge in [-0.25, -0.2) is 0 Å². The van der Waals surface area contributed by atoms with Crippen molar-refractivity contribution in [2.24, 2.45) is 5.73 Å². The standard InChI is InChI=1S/C14H22N2O2/c1-10(16-13(17)14(2,3)15)9-11-7-5-6-8-12(11)18-4/h5-8,10H,9,15H2,1-4H3,(H,16,17). The van der Waals surface area contributed by atoms with E-state index in [2.05, 4.69) is 5.32 Å². The lowest BCUT2D eigenvalue weighted by Crippen LogP contribution is -2.51. The van der Waals surface area contributed by atoms with Gasteiger partial charge in [0.1, 0.15) is 5.75 Å². The number of amides is 1. The molecule has 0 aliphatic rings. The molecule has 1 unspecified atom stereocenters. The molecule has 0 aromatic heterocycles. The SMILES string of the molecule is COc1ccccc1CC(C)NC(=O)C(C)(C)N. The molecule has 1 atom stereocenters. The zero-order chi connectivity index (χ0) is 13.8. The van der Waals surface area contributed by atoms with Crippen LogP contribution in [-0.4, -0.2) is 24.6 Å². The number of rotatable bonds is 5. The summed E-state index contributed by atoms with van der Waals surface area (Å²) in [7, 11) is 1.64. The number of carbonyl (C=O) groups excluding carboxylic acids is 1. The van der Waals surface area contributed by atoms with Crippen molar-refractivity contribution < 1.29 is 9.53 Å². The van der Waals surface area contributed by atoms with Crippen molar-refractivity contribution in [1.29, 1.82) is 0 Å². The number of hydrogen-bond acceptors (Lipinski definition) is 3. The van der Waals surface area contributed by atoms with Gasteiger partial charge in [-0.3, -0.25) is 4.79 Å². The maximum absolute atomic E-state index is 11.8. The predicted molar refractivity (Wildman–Crippen MR) is 72.6 cm³/mol. The Hall–Kier alpha value is -1.55. The summed E-state index contributed by atoms with van der Waals surface area (Å²) in [5.74, 6) is 0.690. The summed E-state index contributed by atoms with van der Waals surface area (Å²) in [6.07, 6.45) is 0.714. The van der Waals surface area contributed by atoms with Crippen LogP contribution in [0.5, 0.6) is 5.75 Å². The lowest BCUT2D eigenvalue weighted by atomic mass is 10.0. The second kappa shape index (κ2) is 5.87. The molecule has 1 aromatic rings. The Morgan fingerprint density at radius 3 is 2.61 bits per heavy atom. The van der Waals surface area contributed by atoms with Crippen molar-refractivity contribution in [3.05, 3.63) is 29.8 Å². The maximum atomic E-state index is 11.8. The van der Waals surface area contributed by atoms with Gasteiger partial charge in [-0.15, -0.1) is 0 Å². The molecule has 18 heavy (non-hydrogen) atoms. The first kappa shape index (κ1) is 14.5. The van der Waals surface area contributed by atoms with Gasteiger partial charge in [0.2, 0.25) is 5.91 Å². The second-order valence-electron chi connectivity index (χ2n) is 5.11. The van der Waals surface area contributed by atoms with Crippen LogP contribution in [0.15, 0.2) is 24.3 Å². The summed E-state index contributed by atoms with van der Waals surface area (Å²) in [6.45, 7) is 5.34. The van der Waals surface area contributed by atoms with E-state index in [4.69, 9.17) is 10.5 Å². The second-order valence-corrected chi connectivity index (χ2v) is 5.11. The fraction of sp³-hybridized carbons (Fsp3) is 0.500. The normalized spacial score (nSPS) is 12.9. The minimum Gasteiger partial charge on any atom is -0.496 e. The topological polar surface area (TPSA) is 64.3 Å². The van der Waals surface area contributed by atoms with Crippen LogP contribution in [0.2, 0.25) is 0 Å². The lowest BCUT2D eigenvalue weighted by Gasteiger charge is -2.22. The summed E-state index contributed by atoms with van der Waals surface area (Å²) in [5.41, 5.74) is 5.96. The summed E-state index contributed by atoms with van der Waals surface area (Å²) in [4.78, 5) is 11.8. The highest BCUT2D eigenvalue weighted by molar-refractivity contribution is 5.85. The van der Waals surface area contributed by atoms with Crippen molar-refractivity contribution in [1.82, 2.24) is 5.32 Å². The number of benzene rings is 1. The van der Waals surface area contributed by atoms with Gasteiger partial charge < -0.3 is 15.8 Å². The number of nitrogens with one attached hydrogen (secondary N) is 1. The van der Waals surface area contributed by atoms with Crippen LogP contribution < -0.4 is 15.8 Å². The first-order chi connectivity index (χ1) is 8.34. The highest BCUT2D eigenvalue weighted by atomic mass is 16.5. The number of para-hydroxylation sites is 1. The molecule has 100 valence electrons. The molecule has 0 saturated heterocycles. The molecule has 0 aliphatic carbocycles. The molecular weight excluding hydrogens is 228 g/mol. The van der Waals surface area contributed by atoms with Crippen molar-refractivity contribution in [3.8, 4) is 5.75 Å². The van der Waals surface area contributed by atoms with E-state index >= 15 is 0 Å². The van der Waals surface area contributed by atoms with Crippen LogP contribution in [0.25, 0.3) is 0 Å². The van der Waals surface area contributed by atoms with E-state index in [1.807, 2.05) is 31.2 Å². The predicted octanol–water partition coefficient (Wildman–Crippen LogP) is 1.48. The largest absolute Gasteiger partial charge is 0.496 e. The highest BCUT2D eigenvalue weighted by Crippen LogP contribution is 2.18. The third-order valence-electron chi connectivity index (χ3n) is 2.68. The first-order valence-electron chi connectivity index (χ1n) is 6.06. The van der Waals surface area contributed by atoms with E-state index in [0.29, 0.717) is 6.42 Å². The van der Waals surface area contributed by atoms with Crippen molar-refractivity contribution in [2.45, 2.75) is 38.8 Å². The van der Waals surface area contributed by atoms with Crippen LogP contribution >= 0.6 is 0 Å². The van der Waals surface area contributed by atoms with Crippen LogP contribution in [0.3, 0.4) is 0 Å². The zero-order valence-corrected chi connectivity index (χ0v) is 11.5. The number of carbonyl (C=O) groups is 1. The third kappa shape index (κ3) is 4.04. The summed E-state index contributed by atoms with van der Waals surface area (Å²) in [6, 6.07) is 7.80. The quantitative estimate of drug-likeness (QED) is 0.832. The Bertz CT molecular complexity index is 411. The molecule has 1 amide bonds. The Kier molecular flexibility index (Phi) is 4.73. The average Bonchev–Trinajstić information content (AvgIpc) is 2.28. The summed E-state index contributed by atoms with van der Waals surface area (Å²) < 4.78 is 5.28. The fourth-order valence-corrected chi connectivity index (χ4v) is 1.66. The number of ether oxygens (including phenoxy) is 1. The van der Waals surface area contributed by atoms with Gasteiger partial charge in [0.25, 0.3) is 0 Å². The van der Waals surface area contributed by atoms with E-state index in [1.165, 1.54) is 0 Å². The molecule has 0 radical (unpaired) electrons. The van der Waals surface area contributed by atoms with E-state index in [-0.39, 0.29) is 11.9 Å². The molecule has 4 heteroatoms. The maximum Gasteiger partial charge on any atom is 0.239 e. The first-order valence-corrected chi connectivity index (χ1v) is 6.06. The lowest BCUT2D eigenvalue weighted by molar-refractivity contribution is -0.125. The molecule has 1 aromatic carbocycles. The van der Waals surface area contributed by atoms with Crippen LogP contribution in [-0.2, 0) is 11.2 Å². The minimum absolute atomic E-state index is 0.0108. The molecule has 0 aliphatic heterocycles. The van der Waals surface area contributed by atoms with Crippen molar-refractivity contribution in [2.75, 3.05) is 7.11 Å². The number of nitrogens with two attached hydrogens (primary N) is 1. The van der Waals surface area contributed by atoms with Gasteiger partial charge in [0, 0.05) is 6.04 Å². The summed E-state index contributed by atoms with van der Waals surface area (Å²) >= 11 is 0. The molecule has 0 bridgehead atoms. The molecule has 3 N–H and O–H groups in total. The Balaban J connectivity index is 2.65. The van der Waals surface area contributed by atoms with Gasteiger partial charge >= 0.3 is 0 Å². The van der Waals surface area contributed by atoms with Gasteiger partial charge in [0.05, 0.1) is 12.6 Å².